The van der Waals surface area contributed by atoms with Gasteiger partial charge in [-0.3, -0.25) is 9.00 Å². The molecule has 0 radical (unpaired) electrons. The summed E-state index contributed by atoms with van der Waals surface area (Å²) in [7, 11) is -0.863. The van der Waals surface area contributed by atoms with Crippen LogP contribution >= 0.6 is 0 Å². The lowest BCUT2D eigenvalue weighted by molar-refractivity contribution is -0.123. The molecule has 1 aromatic rings. The molecule has 102 valence electrons. The summed E-state index contributed by atoms with van der Waals surface area (Å²) in [5, 5.41) is 5.88. The van der Waals surface area contributed by atoms with Gasteiger partial charge in [0, 0.05) is 28.9 Å². The molecule has 0 aliphatic carbocycles. The maximum atomic E-state index is 11.8. The van der Waals surface area contributed by atoms with E-state index in [9.17, 15) is 9.00 Å². The van der Waals surface area contributed by atoms with E-state index in [1.807, 2.05) is 6.92 Å². The number of amides is 1. The predicted octanol–water partition coefficient (Wildman–Crippen LogP) is 0.641. The van der Waals surface area contributed by atoms with Gasteiger partial charge in [-0.2, -0.15) is 0 Å². The van der Waals surface area contributed by atoms with E-state index < -0.39 is 10.8 Å². The van der Waals surface area contributed by atoms with Crippen LogP contribution in [0.2, 0.25) is 0 Å². The number of hydrogen-bond donors (Lipinski definition) is 2. The molecule has 3 atom stereocenters. The van der Waals surface area contributed by atoms with Gasteiger partial charge >= 0.3 is 0 Å². The van der Waals surface area contributed by atoms with Crippen LogP contribution in [-0.4, -0.2) is 34.2 Å². The highest BCUT2D eigenvalue weighted by molar-refractivity contribution is 7.84. The maximum absolute atomic E-state index is 11.8. The fourth-order valence-corrected chi connectivity index (χ4v) is 2.44. The van der Waals surface area contributed by atoms with E-state index in [4.69, 9.17) is 4.42 Å². The van der Waals surface area contributed by atoms with Gasteiger partial charge in [0.05, 0.1) is 18.8 Å². The molecule has 0 aromatic carbocycles. The lowest BCUT2D eigenvalue weighted by atomic mass is 10.2. The van der Waals surface area contributed by atoms with Crippen molar-refractivity contribution in [3.05, 3.63) is 24.2 Å². The number of hydrogen-bond acceptors (Lipinski definition) is 4. The third kappa shape index (κ3) is 5.46. The minimum absolute atomic E-state index is 0.0418. The lowest BCUT2D eigenvalue weighted by Gasteiger charge is -2.18. The summed E-state index contributed by atoms with van der Waals surface area (Å²) in [6, 6.07) is 3.31. The Kier molecular flexibility index (Phi) is 6.07. The van der Waals surface area contributed by atoms with Crippen LogP contribution < -0.4 is 10.6 Å². The van der Waals surface area contributed by atoms with Gasteiger partial charge in [0.25, 0.3) is 0 Å². The molecule has 0 saturated heterocycles. The first-order chi connectivity index (χ1) is 8.49. The van der Waals surface area contributed by atoms with Crippen LogP contribution in [0.5, 0.6) is 0 Å². The lowest BCUT2D eigenvalue weighted by Crippen LogP contribution is -2.46. The molecule has 0 aliphatic heterocycles. The summed E-state index contributed by atoms with van der Waals surface area (Å²) >= 11 is 0. The minimum Gasteiger partial charge on any atom is -0.467 e. The van der Waals surface area contributed by atoms with Crippen molar-refractivity contribution in [1.82, 2.24) is 10.6 Å². The first-order valence-corrected chi connectivity index (χ1v) is 7.58. The van der Waals surface area contributed by atoms with Crippen molar-refractivity contribution in [2.24, 2.45) is 0 Å². The van der Waals surface area contributed by atoms with E-state index >= 15 is 0 Å². The molecular formula is C12H20N2O3S. The second kappa shape index (κ2) is 7.33. The van der Waals surface area contributed by atoms with E-state index in [1.54, 1.807) is 31.6 Å². The standard InChI is InChI=1S/C12H20N2O3S/c1-9(8-18(3)16)14-10(2)12(15)13-7-11-5-4-6-17-11/h4-6,9-10,14H,7-8H2,1-3H3,(H,13,15). The molecule has 0 spiro atoms. The van der Waals surface area contributed by atoms with Gasteiger partial charge in [-0.1, -0.05) is 0 Å². The van der Waals surface area contributed by atoms with Gasteiger partial charge in [-0.25, -0.2) is 0 Å². The second-order valence-corrected chi connectivity index (χ2v) is 5.81. The van der Waals surface area contributed by atoms with Gasteiger partial charge in [0.15, 0.2) is 0 Å². The topological polar surface area (TPSA) is 71.3 Å². The molecule has 18 heavy (non-hydrogen) atoms. The summed E-state index contributed by atoms with van der Waals surface area (Å²) < 4.78 is 16.2. The summed E-state index contributed by atoms with van der Waals surface area (Å²) in [5.41, 5.74) is 0. The summed E-state index contributed by atoms with van der Waals surface area (Å²) in [6.45, 7) is 4.08. The van der Waals surface area contributed by atoms with Crippen LogP contribution in [0.4, 0.5) is 0 Å². The van der Waals surface area contributed by atoms with Gasteiger partial charge in [-0.05, 0) is 26.0 Å². The first-order valence-electron chi connectivity index (χ1n) is 5.85. The van der Waals surface area contributed by atoms with E-state index in [1.165, 1.54) is 0 Å². The molecule has 6 heteroatoms. The Balaban J connectivity index is 2.30. The Morgan fingerprint density at radius 2 is 2.22 bits per heavy atom. The minimum atomic E-state index is -0.863. The number of carbonyl (C=O) groups excluding carboxylic acids is 1. The van der Waals surface area contributed by atoms with Crippen LogP contribution in [0.1, 0.15) is 19.6 Å². The van der Waals surface area contributed by atoms with E-state index in [0.29, 0.717) is 12.3 Å². The van der Waals surface area contributed by atoms with Crippen molar-refractivity contribution >= 4 is 16.7 Å². The van der Waals surface area contributed by atoms with Gasteiger partial charge < -0.3 is 15.1 Å². The predicted molar refractivity (Wildman–Crippen MR) is 71.5 cm³/mol. The van der Waals surface area contributed by atoms with Crippen molar-refractivity contribution in [3.63, 3.8) is 0 Å². The molecule has 1 rings (SSSR count). The number of rotatable bonds is 7. The molecule has 0 saturated carbocycles. The zero-order chi connectivity index (χ0) is 13.5. The van der Waals surface area contributed by atoms with Gasteiger partial charge in [-0.15, -0.1) is 0 Å². The van der Waals surface area contributed by atoms with Gasteiger partial charge in [0.2, 0.25) is 5.91 Å². The van der Waals surface area contributed by atoms with Crippen molar-refractivity contribution in [2.75, 3.05) is 12.0 Å². The van der Waals surface area contributed by atoms with Crippen LogP contribution in [0.3, 0.4) is 0 Å². The average molecular weight is 272 g/mol. The summed E-state index contributed by atoms with van der Waals surface area (Å²) in [4.78, 5) is 11.8. The molecule has 0 bridgehead atoms. The molecule has 1 aromatic heterocycles. The Morgan fingerprint density at radius 3 is 2.78 bits per heavy atom. The normalized spacial score (nSPS) is 15.9. The second-order valence-electron chi connectivity index (χ2n) is 4.33. The quantitative estimate of drug-likeness (QED) is 0.764. The number of carbonyl (C=O) groups is 1. The number of furan rings is 1. The Bertz CT molecular complexity index is 392. The molecule has 0 aliphatic rings. The zero-order valence-corrected chi connectivity index (χ0v) is 11.8. The fraction of sp³-hybridized carbons (Fsp3) is 0.583. The molecule has 0 fully saturated rings. The molecule has 5 nitrogen and oxygen atoms in total. The Morgan fingerprint density at radius 1 is 1.50 bits per heavy atom. The maximum Gasteiger partial charge on any atom is 0.237 e. The largest absolute Gasteiger partial charge is 0.467 e. The molecule has 3 unspecified atom stereocenters. The summed E-state index contributed by atoms with van der Waals surface area (Å²) in [5.74, 6) is 1.16. The SMILES string of the molecule is CC(CS(C)=O)NC(C)C(=O)NCc1ccco1. The zero-order valence-electron chi connectivity index (χ0n) is 10.9. The van der Waals surface area contributed by atoms with Crippen LogP contribution in [0.25, 0.3) is 0 Å². The highest BCUT2D eigenvalue weighted by Crippen LogP contribution is 1.99. The molecule has 1 amide bonds. The van der Waals surface area contributed by atoms with E-state index in [2.05, 4.69) is 10.6 Å². The Labute approximate surface area is 110 Å². The smallest absolute Gasteiger partial charge is 0.237 e. The highest BCUT2D eigenvalue weighted by Gasteiger charge is 2.15. The van der Waals surface area contributed by atoms with Crippen LogP contribution in [-0.2, 0) is 22.1 Å². The molecular weight excluding hydrogens is 252 g/mol. The van der Waals surface area contributed by atoms with Crippen molar-refractivity contribution in [1.29, 1.82) is 0 Å². The third-order valence-corrected chi connectivity index (χ3v) is 3.40. The van der Waals surface area contributed by atoms with E-state index in [-0.39, 0.29) is 18.0 Å². The van der Waals surface area contributed by atoms with Crippen LogP contribution in [0.15, 0.2) is 22.8 Å². The summed E-state index contributed by atoms with van der Waals surface area (Å²) in [6.07, 6.45) is 3.22. The van der Waals surface area contributed by atoms with E-state index in [0.717, 1.165) is 5.76 Å². The van der Waals surface area contributed by atoms with Crippen LogP contribution in [0, 0.1) is 0 Å². The molecule has 1 heterocycles. The van der Waals surface area contributed by atoms with Crippen molar-refractivity contribution < 1.29 is 13.4 Å². The monoisotopic (exact) mass is 272 g/mol. The third-order valence-electron chi connectivity index (χ3n) is 2.43. The molecule has 2 N–H and O–H groups in total. The Hall–Kier alpha value is -1.14. The fourth-order valence-electron chi connectivity index (χ4n) is 1.64. The van der Waals surface area contributed by atoms with Crippen molar-refractivity contribution in [2.45, 2.75) is 32.5 Å². The average Bonchev–Trinajstić information content (AvgIpc) is 2.77. The first kappa shape index (κ1) is 14.9. The highest BCUT2D eigenvalue weighted by atomic mass is 32.2. The number of nitrogens with one attached hydrogen (secondary N) is 2. The van der Waals surface area contributed by atoms with Gasteiger partial charge in [0.1, 0.15) is 5.76 Å². The van der Waals surface area contributed by atoms with Crippen molar-refractivity contribution in [3.8, 4) is 0 Å².